The molecule has 0 spiro atoms. The highest BCUT2D eigenvalue weighted by molar-refractivity contribution is 7.85. The first-order valence-electron chi connectivity index (χ1n) is 10.6. The smallest absolute Gasteiger partial charge is 0.264 e. The van der Waals surface area contributed by atoms with E-state index in [1.165, 1.54) is 18.2 Å². The van der Waals surface area contributed by atoms with Crippen molar-refractivity contribution in [3.05, 3.63) is 101 Å². The number of amides is 1. The second-order valence-electron chi connectivity index (χ2n) is 7.77. The molecular weight excluding hydrogens is 492 g/mol. The van der Waals surface area contributed by atoms with E-state index in [0.717, 1.165) is 12.0 Å². The molecule has 3 N–H and O–H groups in total. The van der Waals surface area contributed by atoms with Crippen LogP contribution in [0.2, 0.25) is 5.02 Å². The van der Waals surface area contributed by atoms with Gasteiger partial charge >= 0.3 is 0 Å². The van der Waals surface area contributed by atoms with E-state index in [2.05, 4.69) is 5.32 Å². The lowest BCUT2D eigenvalue weighted by Crippen LogP contribution is -2.40. The Hall–Kier alpha value is -3.08. The van der Waals surface area contributed by atoms with Gasteiger partial charge in [-0.3, -0.25) is 19.3 Å². The number of ketones is 1. The minimum Gasteiger partial charge on any atom is -0.305 e. The van der Waals surface area contributed by atoms with Crippen LogP contribution in [0.4, 0.5) is 5.69 Å². The largest absolute Gasteiger partial charge is 0.305 e. The van der Waals surface area contributed by atoms with Crippen molar-refractivity contribution >= 4 is 39.1 Å². The second kappa shape index (κ2) is 13.1. The van der Waals surface area contributed by atoms with Gasteiger partial charge in [0.15, 0.2) is 5.78 Å². The minimum atomic E-state index is -3.67. The Bertz CT molecular complexity index is 1230. The summed E-state index contributed by atoms with van der Waals surface area (Å²) in [5.41, 5.74) is 1.84. The summed E-state index contributed by atoms with van der Waals surface area (Å²) >= 11 is 6.06. The van der Waals surface area contributed by atoms with Crippen molar-refractivity contribution in [1.82, 2.24) is 5.32 Å². The van der Waals surface area contributed by atoms with Gasteiger partial charge in [-0.15, -0.1) is 0 Å². The quantitative estimate of drug-likeness (QED) is 0.178. The number of carbonyl (C=O) groups excluding carboxylic acids is 2. The number of rotatable bonds is 8. The first kappa shape index (κ1) is 28.2. The highest BCUT2D eigenvalue weighted by Gasteiger charge is 2.22. The van der Waals surface area contributed by atoms with Crippen molar-refractivity contribution in [3.63, 3.8) is 0 Å². The number of hydroxylamine groups is 1. The summed E-state index contributed by atoms with van der Waals surface area (Å²) in [7, 11) is -3.67. The fourth-order valence-electron chi connectivity index (χ4n) is 3.13. The number of benzene rings is 3. The van der Waals surface area contributed by atoms with Crippen molar-refractivity contribution in [2.24, 2.45) is 0 Å². The number of hydrogen-bond donors (Lipinski definition) is 3. The Labute approximate surface area is 209 Å². The van der Waals surface area contributed by atoms with E-state index >= 15 is 0 Å². The maximum Gasteiger partial charge on any atom is 0.264 e. The topological polar surface area (TPSA) is 124 Å². The normalized spacial score (nSPS) is 11.7. The Kier molecular flexibility index (Phi) is 10.6. The predicted octanol–water partition coefficient (Wildman–Crippen LogP) is 4.02. The molecule has 0 aliphatic carbocycles. The van der Waals surface area contributed by atoms with E-state index < -0.39 is 16.0 Å². The van der Waals surface area contributed by atoms with Crippen molar-refractivity contribution < 1.29 is 27.8 Å². The van der Waals surface area contributed by atoms with Crippen LogP contribution in [0.5, 0.6) is 0 Å². The molecule has 186 valence electrons. The second-order valence-corrected chi connectivity index (χ2v) is 9.67. The maximum absolute atomic E-state index is 12.9. The molecule has 0 unspecified atom stereocenters. The minimum absolute atomic E-state index is 0.0281. The third-order valence-corrected chi connectivity index (χ3v) is 4.93. The van der Waals surface area contributed by atoms with E-state index in [1.54, 1.807) is 30.3 Å². The summed E-state index contributed by atoms with van der Waals surface area (Å²) < 4.78 is 25.9. The molecule has 0 radical (unpaired) electrons. The molecule has 1 atom stereocenters. The third-order valence-electron chi connectivity index (χ3n) is 4.69. The zero-order chi connectivity index (χ0) is 26.0. The van der Waals surface area contributed by atoms with Gasteiger partial charge in [-0.05, 0) is 37.1 Å². The first-order chi connectivity index (χ1) is 16.5. The molecule has 0 aromatic heterocycles. The van der Waals surface area contributed by atoms with E-state index in [1.807, 2.05) is 37.3 Å². The molecule has 35 heavy (non-hydrogen) atoms. The van der Waals surface area contributed by atoms with Gasteiger partial charge < -0.3 is 5.32 Å². The van der Waals surface area contributed by atoms with Gasteiger partial charge in [0.05, 0.1) is 24.1 Å². The van der Waals surface area contributed by atoms with Gasteiger partial charge in [-0.2, -0.15) is 13.5 Å². The molecular formula is C25H27ClN2O6S. The zero-order valence-electron chi connectivity index (χ0n) is 19.3. The number of nitrogens with one attached hydrogen (secondary N) is 1. The maximum atomic E-state index is 12.9. The number of hydrogen-bond acceptors (Lipinski definition) is 6. The molecule has 8 nitrogen and oxygen atoms in total. The van der Waals surface area contributed by atoms with Crippen LogP contribution in [-0.4, -0.2) is 48.7 Å². The lowest BCUT2D eigenvalue weighted by molar-refractivity contribution is -0.122. The van der Waals surface area contributed by atoms with Crippen molar-refractivity contribution in [2.75, 3.05) is 17.9 Å². The number of carbonyl (C=O) groups is 2. The highest BCUT2D eigenvalue weighted by atomic mass is 35.5. The molecule has 3 aromatic rings. The Balaban J connectivity index is 0.000000784. The molecule has 1 amide bonds. The number of halogens is 1. The summed E-state index contributed by atoms with van der Waals surface area (Å²) in [6.07, 6.45) is 1.46. The fraction of sp³-hybridized carbons (Fsp3) is 0.200. The molecule has 0 fully saturated rings. The van der Waals surface area contributed by atoms with E-state index in [9.17, 15) is 23.2 Å². The van der Waals surface area contributed by atoms with Crippen molar-refractivity contribution in [2.45, 2.75) is 19.4 Å². The summed E-state index contributed by atoms with van der Waals surface area (Å²) in [6, 6.07) is 23.0. The Morgan fingerprint density at radius 2 is 1.54 bits per heavy atom. The molecule has 0 aliphatic rings. The van der Waals surface area contributed by atoms with Crippen molar-refractivity contribution in [1.29, 1.82) is 0 Å². The van der Waals surface area contributed by atoms with Crippen LogP contribution in [0.15, 0.2) is 78.9 Å². The molecule has 3 rings (SSSR count). The summed E-state index contributed by atoms with van der Waals surface area (Å²) in [4.78, 5) is 25.5. The summed E-state index contributed by atoms with van der Waals surface area (Å²) in [5, 5.41) is 14.5. The number of anilines is 1. The SMILES string of the molecule is CS(=O)(=O)O.C[C@@H](Cc1ccccc1)NCC(=O)N(O)c1ccc(Cl)cc1C(=O)c1ccccc1. The van der Waals surface area contributed by atoms with Crippen LogP contribution in [0.3, 0.4) is 0 Å². The Morgan fingerprint density at radius 3 is 2.11 bits per heavy atom. The van der Waals surface area contributed by atoms with Crippen LogP contribution >= 0.6 is 11.6 Å². The van der Waals surface area contributed by atoms with Gasteiger partial charge in [0.1, 0.15) is 0 Å². The average molecular weight is 519 g/mol. The van der Waals surface area contributed by atoms with Crippen molar-refractivity contribution in [3.8, 4) is 0 Å². The van der Waals surface area contributed by atoms with Crippen LogP contribution in [0.25, 0.3) is 0 Å². The van der Waals surface area contributed by atoms with Crippen LogP contribution < -0.4 is 10.4 Å². The van der Waals surface area contributed by atoms with Crippen LogP contribution in [0.1, 0.15) is 28.4 Å². The lowest BCUT2D eigenvalue weighted by atomic mass is 10.0. The van der Waals surface area contributed by atoms with Gasteiger partial charge in [0.25, 0.3) is 16.0 Å². The lowest BCUT2D eigenvalue weighted by Gasteiger charge is -2.20. The van der Waals surface area contributed by atoms with E-state index in [-0.39, 0.29) is 29.6 Å². The van der Waals surface area contributed by atoms with Gasteiger partial charge in [-0.1, -0.05) is 72.3 Å². The van der Waals surface area contributed by atoms with E-state index in [0.29, 0.717) is 21.9 Å². The molecule has 0 saturated heterocycles. The Morgan fingerprint density at radius 1 is 1.00 bits per heavy atom. The van der Waals surface area contributed by atoms with E-state index in [4.69, 9.17) is 16.2 Å². The van der Waals surface area contributed by atoms with Crippen LogP contribution in [-0.2, 0) is 21.3 Å². The fourth-order valence-corrected chi connectivity index (χ4v) is 3.30. The molecule has 0 aliphatic heterocycles. The average Bonchev–Trinajstić information content (AvgIpc) is 2.81. The summed E-state index contributed by atoms with van der Waals surface area (Å²) in [5.74, 6) is -0.898. The highest BCUT2D eigenvalue weighted by Crippen LogP contribution is 2.26. The number of nitrogens with zero attached hydrogens (tertiary/aromatic N) is 1. The molecule has 0 heterocycles. The molecule has 3 aromatic carbocycles. The predicted molar refractivity (Wildman–Crippen MR) is 136 cm³/mol. The standard InChI is InChI=1S/C24H23ClN2O3.CH4O3S/c1-17(14-18-8-4-2-5-9-18)26-16-23(28)27(30)22-13-12-20(25)15-21(22)24(29)19-10-6-3-7-11-19;1-5(2,3)4/h2-13,15,17,26,30H,14,16H2,1H3;1H3,(H,2,3,4)/t17-;/m0./s1. The van der Waals surface area contributed by atoms with Gasteiger partial charge in [0, 0.05) is 16.6 Å². The van der Waals surface area contributed by atoms with Gasteiger partial charge in [0.2, 0.25) is 0 Å². The molecule has 0 bridgehead atoms. The molecule has 0 saturated carbocycles. The van der Waals surface area contributed by atoms with Crippen LogP contribution in [0, 0.1) is 0 Å². The van der Waals surface area contributed by atoms with Gasteiger partial charge in [-0.25, -0.2) is 0 Å². The molecule has 10 heteroatoms. The monoisotopic (exact) mass is 518 g/mol. The summed E-state index contributed by atoms with van der Waals surface area (Å²) in [6.45, 7) is 1.89. The third kappa shape index (κ3) is 9.97. The first-order valence-corrected chi connectivity index (χ1v) is 12.8. The zero-order valence-corrected chi connectivity index (χ0v) is 20.8.